The number of aromatic nitrogens is 1. The summed E-state index contributed by atoms with van der Waals surface area (Å²) in [5.74, 6) is -5.76. The van der Waals surface area contributed by atoms with E-state index < -0.39 is 29.2 Å². The molecule has 0 amide bonds. The smallest absolute Gasteiger partial charge is 0.253 e. The van der Waals surface area contributed by atoms with Crippen LogP contribution in [0.25, 0.3) is 0 Å². The van der Waals surface area contributed by atoms with Crippen LogP contribution >= 0.6 is 0 Å². The van der Waals surface area contributed by atoms with E-state index in [0.717, 1.165) is 12.8 Å². The highest BCUT2D eigenvalue weighted by Gasteiger charge is 2.33. The van der Waals surface area contributed by atoms with Crippen LogP contribution in [-0.2, 0) is 4.74 Å². The van der Waals surface area contributed by atoms with Crippen LogP contribution in [0.2, 0.25) is 0 Å². The number of hydrogen-bond donors (Lipinski definition) is 0. The summed E-state index contributed by atoms with van der Waals surface area (Å²) in [5, 5.41) is 0. The molecule has 1 fully saturated rings. The molecule has 1 aliphatic carbocycles. The quantitative estimate of drug-likeness (QED) is 0.616. The molecule has 0 N–H and O–H groups in total. The van der Waals surface area contributed by atoms with Gasteiger partial charge in [-0.2, -0.15) is 22.5 Å². The second-order valence-corrected chi connectivity index (χ2v) is 5.43. The lowest BCUT2D eigenvalue weighted by atomic mass is 10.1. The summed E-state index contributed by atoms with van der Waals surface area (Å²) in [7, 11) is 1.45. The number of hydrogen-bond acceptors (Lipinski definition) is 3. The first-order valence-corrected chi connectivity index (χ1v) is 6.91. The zero-order chi connectivity index (χ0) is 15.6. The fourth-order valence-corrected chi connectivity index (χ4v) is 2.85. The first-order valence-electron chi connectivity index (χ1n) is 6.91. The molecule has 2 rings (SSSR count). The molecule has 1 aromatic heterocycles. The van der Waals surface area contributed by atoms with Crippen LogP contribution in [0.5, 0.6) is 0 Å². The van der Waals surface area contributed by atoms with Gasteiger partial charge in [0.1, 0.15) is 5.69 Å². The first kappa shape index (κ1) is 16.0. The van der Waals surface area contributed by atoms with Gasteiger partial charge in [-0.15, -0.1) is 0 Å². The van der Waals surface area contributed by atoms with E-state index in [1.54, 1.807) is 0 Å². The van der Waals surface area contributed by atoms with Crippen molar-refractivity contribution in [1.82, 2.24) is 4.98 Å². The molecule has 0 spiro atoms. The van der Waals surface area contributed by atoms with Gasteiger partial charge in [0, 0.05) is 19.7 Å². The van der Waals surface area contributed by atoms with Gasteiger partial charge in [-0.1, -0.05) is 6.92 Å². The highest BCUT2D eigenvalue weighted by Crippen LogP contribution is 2.35. The number of nitrogens with zero attached hydrogens (tertiary/aromatic N) is 2. The zero-order valence-corrected chi connectivity index (χ0v) is 12.0. The largest absolute Gasteiger partial charge is 0.383 e. The van der Waals surface area contributed by atoms with E-state index in [4.69, 9.17) is 4.74 Å². The Bertz CT molecular complexity index is 486. The van der Waals surface area contributed by atoms with Crippen LogP contribution in [-0.4, -0.2) is 31.3 Å². The van der Waals surface area contributed by atoms with Crippen molar-refractivity contribution in [3.8, 4) is 0 Å². The lowest BCUT2D eigenvalue weighted by Gasteiger charge is -2.31. The number of halogens is 4. The van der Waals surface area contributed by atoms with Crippen molar-refractivity contribution in [2.45, 2.75) is 32.2 Å². The molecule has 1 heterocycles. The highest BCUT2D eigenvalue weighted by atomic mass is 19.2. The van der Waals surface area contributed by atoms with Crippen LogP contribution in [0, 0.1) is 29.4 Å². The van der Waals surface area contributed by atoms with Crippen molar-refractivity contribution >= 4 is 5.69 Å². The maximum absolute atomic E-state index is 13.9. The predicted octanol–water partition coefficient (Wildman–Crippen LogP) is 3.28. The minimum Gasteiger partial charge on any atom is -0.383 e. The zero-order valence-electron chi connectivity index (χ0n) is 12.0. The topological polar surface area (TPSA) is 25.4 Å². The summed E-state index contributed by atoms with van der Waals surface area (Å²) >= 11 is 0. The summed E-state index contributed by atoms with van der Waals surface area (Å²) in [6.07, 6.45) is 2.34. The lowest BCUT2D eigenvalue weighted by Crippen LogP contribution is -2.38. The van der Waals surface area contributed by atoms with Gasteiger partial charge in [-0.3, -0.25) is 0 Å². The molecular weight excluding hydrogens is 288 g/mol. The average Bonchev–Trinajstić information content (AvgIpc) is 2.86. The van der Waals surface area contributed by atoms with Gasteiger partial charge in [0.2, 0.25) is 11.6 Å². The number of pyridine rings is 1. The third-order valence-corrected chi connectivity index (χ3v) is 3.91. The standard InChI is InChI=1S/C14H18F4N2O/c1-8-3-4-9(7-8)20(5-6-21-2)12-10(15)13(17)19-14(18)11(12)16/h8-9H,3-7H2,1-2H3. The van der Waals surface area contributed by atoms with Gasteiger partial charge in [0.15, 0.2) is 0 Å². The molecule has 1 aliphatic rings. The van der Waals surface area contributed by atoms with Crippen LogP contribution in [0.3, 0.4) is 0 Å². The van der Waals surface area contributed by atoms with Crippen LogP contribution in [0.15, 0.2) is 0 Å². The molecule has 0 radical (unpaired) electrons. The summed E-state index contributed by atoms with van der Waals surface area (Å²) in [6, 6.07) is -0.166. The van der Waals surface area contributed by atoms with Crippen LogP contribution in [0.4, 0.5) is 23.2 Å². The van der Waals surface area contributed by atoms with Crippen LogP contribution < -0.4 is 4.90 Å². The van der Waals surface area contributed by atoms with E-state index in [1.165, 1.54) is 12.0 Å². The monoisotopic (exact) mass is 306 g/mol. The fraction of sp³-hybridized carbons (Fsp3) is 0.643. The molecule has 0 bridgehead atoms. The Morgan fingerprint density at radius 3 is 2.24 bits per heavy atom. The minimum atomic E-state index is -1.63. The van der Waals surface area contributed by atoms with Crippen molar-refractivity contribution in [2.24, 2.45) is 5.92 Å². The Balaban J connectivity index is 2.41. The van der Waals surface area contributed by atoms with Crippen molar-refractivity contribution in [1.29, 1.82) is 0 Å². The normalized spacial score (nSPS) is 21.8. The maximum atomic E-state index is 13.9. The Labute approximate surface area is 120 Å². The summed E-state index contributed by atoms with van der Waals surface area (Å²) < 4.78 is 59.4. The molecule has 0 saturated heterocycles. The van der Waals surface area contributed by atoms with Gasteiger partial charge in [-0.25, -0.2) is 0 Å². The molecule has 3 nitrogen and oxygen atoms in total. The van der Waals surface area contributed by atoms with E-state index in [9.17, 15) is 17.6 Å². The first-order chi connectivity index (χ1) is 9.95. The summed E-state index contributed by atoms with van der Waals surface area (Å²) in [5.41, 5.74) is -0.684. The number of anilines is 1. The highest BCUT2D eigenvalue weighted by molar-refractivity contribution is 5.49. The third kappa shape index (κ3) is 3.28. The number of methoxy groups -OCH3 is 1. The summed E-state index contributed by atoms with van der Waals surface area (Å²) in [4.78, 5) is 3.96. The Morgan fingerprint density at radius 1 is 1.14 bits per heavy atom. The third-order valence-electron chi connectivity index (χ3n) is 3.91. The van der Waals surface area contributed by atoms with E-state index in [2.05, 4.69) is 4.98 Å². The molecule has 0 aliphatic heterocycles. The van der Waals surface area contributed by atoms with E-state index >= 15 is 0 Å². The predicted molar refractivity (Wildman–Crippen MR) is 70.1 cm³/mol. The van der Waals surface area contributed by atoms with Gasteiger partial charge in [0.25, 0.3) is 11.9 Å². The van der Waals surface area contributed by atoms with Crippen molar-refractivity contribution in [3.05, 3.63) is 23.5 Å². The number of ether oxygens (including phenoxy) is 1. The molecule has 2 atom stereocenters. The number of rotatable bonds is 5. The second-order valence-electron chi connectivity index (χ2n) is 5.43. The second kappa shape index (κ2) is 6.60. The average molecular weight is 306 g/mol. The fourth-order valence-electron chi connectivity index (χ4n) is 2.85. The van der Waals surface area contributed by atoms with E-state index in [1.807, 2.05) is 6.92 Å². The van der Waals surface area contributed by atoms with E-state index in [-0.39, 0.29) is 19.2 Å². The molecular formula is C14H18F4N2O. The molecule has 21 heavy (non-hydrogen) atoms. The Kier molecular flexibility index (Phi) is 5.03. The van der Waals surface area contributed by atoms with Gasteiger partial charge < -0.3 is 9.64 Å². The lowest BCUT2D eigenvalue weighted by molar-refractivity contribution is 0.202. The molecule has 2 unspecified atom stereocenters. The maximum Gasteiger partial charge on any atom is 0.253 e. The molecule has 118 valence electrons. The SMILES string of the molecule is COCCN(c1c(F)c(F)nc(F)c1F)C1CCC(C)C1. The van der Waals surface area contributed by atoms with E-state index in [0.29, 0.717) is 12.3 Å². The van der Waals surface area contributed by atoms with Gasteiger partial charge >= 0.3 is 0 Å². The van der Waals surface area contributed by atoms with Gasteiger partial charge in [-0.05, 0) is 25.2 Å². The molecule has 1 aromatic rings. The molecule has 1 saturated carbocycles. The Morgan fingerprint density at radius 2 is 1.76 bits per heavy atom. The summed E-state index contributed by atoms with van der Waals surface area (Å²) in [6.45, 7) is 2.40. The van der Waals surface area contributed by atoms with Crippen molar-refractivity contribution in [3.63, 3.8) is 0 Å². The van der Waals surface area contributed by atoms with Gasteiger partial charge in [0.05, 0.1) is 6.61 Å². The van der Waals surface area contributed by atoms with Crippen LogP contribution in [0.1, 0.15) is 26.2 Å². The van der Waals surface area contributed by atoms with Crippen molar-refractivity contribution in [2.75, 3.05) is 25.2 Å². The Hall–Kier alpha value is -1.37. The molecule has 0 aromatic carbocycles. The van der Waals surface area contributed by atoms with Crippen molar-refractivity contribution < 1.29 is 22.3 Å². The minimum absolute atomic E-state index is 0.157. The molecule has 7 heteroatoms.